The van der Waals surface area contributed by atoms with Gasteiger partial charge in [0, 0.05) is 18.2 Å². The summed E-state index contributed by atoms with van der Waals surface area (Å²) in [6.07, 6.45) is -2.26. The first-order chi connectivity index (χ1) is 17.0. The highest BCUT2D eigenvalue weighted by Crippen LogP contribution is 2.38. The fourth-order valence-electron chi connectivity index (χ4n) is 3.53. The average Bonchev–Trinajstić information content (AvgIpc) is 2.83. The van der Waals surface area contributed by atoms with Crippen LogP contribution >= 0.6 is 0 Å². The number of carboxylic acid groups (broad SMARTS) is 1. The number of anilines is 3. The van der Waals surface area contributed by atoms with Gasteiger partial charge in [0.05, 0.1) is 24.5 Å². The van der Waals surface area contributed by atoms with Gasteiger partial charge in [0.2, 0.25) is 5.91 Å². The van der Waals surface area contributed by atoms with E-state index in [1.54, 1.807) is 12.3 Å². The average molecular weight is 505 g/mol. The van der Waals surface area contributed by atoms with Gasteiger partial charge in [0.15, 0.2) is 0 Å². The topological polar surface area (TPSA) is 138 Å². The van der Waals surface area contributed by atoms with Gasteiger partial charge in [-0.25, -0.2) is 9.78 Å². The van der Waals surface area contributed by atoms with Crippen molar-refractivity contribution in [1.82, 2.24) is 4.98 Å². The number of nitrogens with zero attached hydrogens (tertiary/aromatic N) is 2. The second-order valence-corrected chi connectivity index (χ2v) is 7.65. The summed E-state index contributed by atoms with van der Waals surface area (Å²) in [5.74, 6) is 2.55. The van der Waals surface area contributed by atoms with Gasteiger partial charge in [-0.2, -0.15) is 13.2 Å². The summed E-state index contributed by atoms with van der Waals surface area (Å²) in [5.41, 5.74) is 7.83. The van der Waals surface area contributed by atoms with Gasteiger partial charge in [0.1, 0.15) is 5.82 Å². The Hall–Kier alpha value is -4.11. The SMILES string of the molecule is CCC(=O)N1c2ccccc2[C@H](Nc2ccc(NC(=O)C#CCN)cn2)C[C@@H]1C.O=C(O)C(F)(F)F. The third-order valence-electron chi connectivity index (χ3n) is 5.05. The Labute approximate surface area is 205 Å². The second-order valence-electron chi connectivity index (χ2n) is 7.65. The van der Waals surface area contributed by atoms with E-state index in [0.717, 1.165) is 17.7 Å². The minimum atomic E-state index is -5.08. The van der Waals surface area contributed by atoms with E-state index >= 15 is 0 Å². The molecule has 1 aromatic heterocycles. The lowest BCUT2D eigenvalue weighted by Crippen LogP contribution is -2.44. The fraction of sp³-hybridized carbons (Fsp3) is 0.333. The van der Waals surface area contributed by atoms with Gasteiger partial charge in [-0.05, 0) is 43.0 Å². The molecule has 2 atom stereocenters. The highest BCUT2D eigenvalue weighted by atomic mass is 19.4. The van der Waals surface area contributed by atoms with Crippen molar-refractivity contribution in [2.45, 2.75) is 44.9 Å². The molecule has 0 saturated heterocycles. The summed E-state index contributed by atoms with van der Waals surface area (Å²) >= 11 is 0. The molecule has 0 radical (unpaired) electrons. The van der Waals surface area contributed by atoms with Gasteiger partial charge in [-0.15, -0.1) is 0 Å². The number of nitrogens with one attached hydrogen (secondary N) is 2. The molecule has 0 saturated carbocycles. The zero-order valence-corrected chi connectivity index (χ0v) is 19.6. The first kappa shape index (κ1) is 28.1. The maximum Gasteiger partial charge on any atom is 0.490 e. The van der Waals surface area contributed by atoms with Crippen LogP contribution in [-0.2, 0) is 14.4 Å². The Kier molecular flexibility index (Phi) is 9.81. The third-order valence-corrected chi connectivity index (χ3v) is 5.05. The van der Waals surface area contributed by atoms with E-state index in [9.17, 15) is 22.8 Å². The molecule has 2 amide bonds. The Morgan fingerprint density at radius 2 is 1.89 bits per heavy atom. The monoisotopic (exact) mass is 505 g/mol. The summed E-state index contributed by atoms with van der Waals surface area (Å²) in [6, 6.07) is 11.6. The predicted molar refractivity (Wildman–Crippen MR) is 128 cm³/mol. The van der Waals surface area contributed by atoms with Crippen molar-refractivity contribution in [1.29, 1.82) is 0 Å². The highest BCUT2D eigenvalue weighted by molar-refractivity contribution is 6.03. The van der Waals surface area contributed by atoms with E-state index < -0.39 is 18.1 Å². The number of fused-ring (bicyclic) bond motifs is 1. The van der Waals surface area contributed by atoms with Crippen molar-refractivity contribution in [2.75, 3.05) is 22.1 Å². The van der Waals surface area contributed by atoms with E-state index in [-0.39, 0.29) is 24.5 Å². The van der Waals surface area contributed by atoms with Crippen LogP contribution in [0.1, 0.15) is 38.3 Å². The minimum Gasteiger partial charge on any atom is -0.475 e. The van der Waals surface area contributed by atoms with Crippen LogP contribution in [0.15, 0.2) is 42.6 Å². The molecule has 1 aromatic carbocycles. The van der Waals surface area contributed by atoms with Crippen molar-refractivity contribution in [3.8, 4) is 11.8 Å². The van der Waals surface area contributed by atoms with E-state index in [1.807, 2.05) is 42.2 Å². The molecular formula is C24H26F3N5O4. The molecule has 0 fully saturated rings. The lowest BCUT2D eigenvalue weighted by atomic mass is 9.91. The molecule has 9 nitrogen and oxygen atoms in total. The summed E-state index contributed by atoms with van der Waals surface area (Å²) in [4.78, 5) is 39.3. The molecule has 36 heavy (non-hydrogen) atoms. The number of rotatable bonds is 4. The smallest absolute Gasteiger partial charge is 0.475 e. The Balaban J connectivity index is 0.000000572. The molecule has 12 heteroatoms. The largest absolute Gasteiger partial charge is 0.490 e. The second kappa shape index (κ2) is 12.6. The maximum atomic E-state index is 12.4. The lowest BCUT2D eigenvalue weighted by molar-refractivity contribution is -0.192. The van der Waals surface area contributed by atoms with Gasteiger partial charge >= 0.3 is 12.1 Å². The molecule has 2 heterocycles. The van der Waals surface area contributed by atoms with Gasteiger partial charge in [-0.3, -0.25) is 9.59 Å². The van der Waals surface area contributed by atoms with Crippen molar-refractivity contribution >= 4 is 35.0 Å². The number of aromatic nitrogens is 1. The molecule has 5 N–H and O–H groups in total. The Bertz CT molecular complexity index is 1140. The zero-order chi connectivity index (χ0) is 26.9. The molecule has 0 aliphatic carbocycles. The number of benzene rings is 1. The van der Waals surface area contributed by atoms with Crippen molar-refractivity contribution in [2.24, 2.45) is 5.73 Å². The number of pyridine rings is 1. The minimum absolute atomic E-state index is 0.0328. The van der Waals surface area contributed by atoms with Crippen LogP contribution in [-0.4, -0.2) is 46.6 Å². The number of hydrogen-bond acceptors (Lipinski definition) is 6. The molecule has 0 bridgehead atoms. The molecule has 1 aliphatic rings. The predicted octanol–water partition coefficient (Wildman–Crippen LogP) is 3.30. The summed E-state index contributed by atoms with van der Waals surface area (Å²) in [7, 11) is 0. The van der Waals surface area contributed by atoms with Crippen LogP contribution in [0.2, 0.25) is 0 Å². The van der Waals surface area contributed by atoms with E-state index in [4.69, 9.17) is 15.6 Å². The van der Waals surface area contributed by atoms with E-state index in [0.29, 0.717) is 17.9 Å². The first-order valence-corrected chi connectivity index (χ1v) is 10.9. The van der Waals surface area contributed by atoms with Crippen LogP contribution in [0.5, 0.6) is 0 Å². The zero-order valence-electron chi connectivity index (χ0n) is 19.6. The number of carbonyl (C=O) groups excluding carboxylic acids is 2. The van der Waals surface area contributed by atoms with Gasteiger partial charge < -0.3 is 26.4 Å². The summed E-state index contributed by atoms with van der Waals surface area (Å²) < 4.78 is 31.7. The summed E-state index contributed by atoms with van der Waals surface area (Å²) in [5, 5.41) is 13.2. The Morgan fingerprint density at radius 3 is 2.44 bits per heavy atom. The number of alkyl halides is 3. The number of carboxylic acids is 1. The van der Waals surface area contributed by atoms with Crippen molar-refractivity contribution in [3.05, 3.63) is 48.2 Å². The summed E-state index contributed by atoms with van der Waals surface area (Å²) in [6.45, 7) is 4.08. The van der Waals surface area contributed by atoms with Crippen LogP contribution in [0.3, 0.4) is 0 Å². The number of carbonyl (C=O) groups is 3. The molecule has 192 valence electrons. The number of aliphatic carboxylic acids is 1. The van der Waals surface area contributed by atoms with Crippen LogP contribution in [0.25, 0.3) is 0 Å². The molecule has 3 rings (SSSR count). The molecule has 2 aromatic rings. The lowest BCUT2D eigenvalue weighted by Gasteiger charge is -2.39. The van der Waals surface area contributed by atoms with E-state index in [1.165, 1.54) is 0 Å². The maximum absolute atomic E-state index is 12.4. The number of para-hydroxylation sites is 1. The normalized spacial score (nSPS) is 16.3. The van der Waals surface area contributed by atoms with Crippen molar-refractivity contribution in [3.63, 3.8) is 0 Å². The molecular weight excluding hydrogens is 479 g/mol. The number of hydrogen-bond donors (Lipinski definition) is 4. The van der Waals surface area contributed by atoms with Crippen molar-refractivity contribution < 1.29 is 32.7 Å². The quantitative estimate of drug-likeness (QED) is 0.468. The molecule has 0 spiro atoms. The Morgan fingerprint density at radius 1 is 1.22 bits per heavy atom. The first-order valence-electron chi connectivity index (χ1n) is 10.9. The molecule has 1 aliphatic heterocycles. The molecule has 0 unspecified atom stereocenters. The van der Waals surface area contributed by atoms with Crippen LogP contribution in [0, 0.1) is 11.8 Å². The van der Waals surface area contributed by atoms with Gasteiger partial charge in [-0.1, -0.05) is 31.0 Å². The number of amides is 2. The third kappa shape index (κ3) is 7.71. The number of halogens is 3. The van der Waals surface area contributed by atoms with Gasteiger partial charge in [0.25, 0.3) is 5.91 Å². The fourth-order valence-corrected chi connectivity index (χ4v) is 3.53. The van der Waals surface area contributed by atoms with E-state index in [2.05, 4.69) is 34.4 Å². The number of nitrogens with two attached hydrogens (primary N) is 1. The van der Waals surface area contributed by atoms with Crippen LogP contribution in [0.4, 0.5) is 30.4 Å². The standard InChI is InChI=1S/C22H25N5O2.C2HF3O2/c1-3-22(29)27-15(2)13-18(17-7-4-5-8-19(17)27)26-20-11-10-16(14-24-20)25-21(28)9-6-12-23;3-2(4,5)1(6)7/h4-5,7-8,10-11,14-15,18H,3,12-13,23H2,1-2H3,(H,24,26)(H,25,28);(H,6,7)/t15-,18+;/m0./s1. The highest BCUT2D eigenvalue weighted by Gasteiger charge is 2.38. The van der Waals surface area contributed by atoms with Crippen LogP contribution < -0.4 is 21.3 Å².